The summed E-state index contributed by atoms with van der Waals surface area (Å²) in [7, 11) is 3.46. The van der Waals surface area contributed by atoms with Gasteiger partial charge in [-0.2, -0.15) is 0 Å². The first-order valence-electron chi connectivity index (χ1n) is 5.46. The third-order valence-corrected chi connectivity index (χ3v) is 4.21. The van der Waals surface area contributed by atoms with E-state index < -0.39 is 0 Å². The molecule has 0 spiro atoms. The Kier molecular flexibility index (Phi) is 12.7. The second-order valence-corrected chi connectivity index (χ2v) is 5.90. The van der Waals surface area contributed by atoms with Crippen LogP contribution in [-0.2, 0) is 9.59 Å². The molecular weight excluding hydrogens is 244 g/mol. The van der Waals surface area contributed by atoms with Crippen molar-refractivity contribution in [2.75, 3.05) is 24.6 Å². The monoisotopic (exact) mass is 264 g/mol. The largest absolute Gasteiger partial charge is 0.355 e. The van der Waals surface area contributed by atoms with Crippen molar-refractivity contribution in [3.05, 3.63) is 0 Å². The van der Waals surface area contributed by atoms with Crippen molar-refractivity contribution in [2.24, 2.45) is 5.73 Å². The summed E-state index contributed by atoms with van der Waals surface area (Å²) in [6.07, 6.45) is 3.56. The predicted octanol–water partition coefficient (Wildman–Crippen LogP) is 1.20. The minimum atomic E-state index is 0.0790. The molecule has 1 amide bonds. The molecule has 0 bridgehead atoms. The van der Waals surface area contributed by atoms with Gasteiger partial charge in [0.2, 0.25) is 5.91 Å². The van der Waals surface area contributed by atoms with Crippen LogP contribution in [0.3, 0.4) is 0 Å². The van der Waals surface area contributed by atoms with E-state index in [0.717, 1.165) is 30.6 Å². The minimum Gasteiger partial charge on any atom is -0.355 e. The molecule has 6 heteroatoms. The fourth-order valence-electron chi connectivity index (χ4n) is 1.000. The van der Waals surface area contributed by atoms with Crippen LogP contribution < -0.4 is 11.1 Å². The molecule has 0 rings (SSSR count). The maximum absolute atomic E-state index is 11.3. The van der Waals surface area contributed by atoms with Crippen molar-refractivity contribution >= 4 is 33.8 Å². The lowest BCUT2D eigenvalue weighted by atomic mass is 10.2. The van der Waals surface area contributed by atoms with E-state index >= 15 is 0 Å². The molecule has 0 aromatic carbocycles. The molecule has 0 aliphatic rings. The van der Waals surface area contributed by atoms with Gasteiger partial charge in [-0.3, -0.25) is 4.79 Å². The van der Waals surface area contributed by atoms with Crippen LogP contribution in [0.4, 0.5) is 0 Å². The van der Waals surface area contributed by atoms with Crippen LogP contribution in [0.5, 0.6) is 0 Å². The van der Waals surface area contributed by atoms with Gasteiger partial charge in [-0.05, 0) is 12.8 Å². The third kappa shape index (κ3) is 11.9. The highest BCUT2D eigenvalue weighted by molar-refractivity contribution is 8.76. The standard InChI is InChI=1S/C10H20N2O2S2/c11-5-8-15-16-9-6-12-10(14)4-2-1-3-7-13/h7H,1-6,8-9,11H2,(H,12,14). The first kappa shape index (κ1) is 15.8. The van der Waals surface area contributed by atoms with Crippen LogP contribution in [0, 0.1) is 0 Å². The van der Waals surface area contributed by atoms with E-state index in [0.29, 0.717) is 25.9 Å². The van der Waals surface area contributed by atoms with Gasteiger partial charge in [-0.1, -0.05) is 21.6 Å². The van der Waals surface area contributed by atoms with Gasteiger partial charge in [0.1, 0.15) is 6.29 Å². The van der Waals surface area contributed by atoms with Gasteiger partial charge in [0.25, 0.3) is 0 Å². The molecule has 0 aliphatic carbocycles. The van der Waals surface area contributed by atoms with Crippen LogP contribution in [0.25, 0.3) is 0 Å². The summed E-state index contributed by atoms with van der Waals surface area (Å²) in [6.45, 7) is 1.40. The minimum absolute atomic E-state index is 0.0790. The Labute approximate surface area is 105 Å². The summed E-state index contributed by atoms with van der Waals surface area (Å²) in [4.78, 5) is 21.3. The second kappa shape index (κ2) is 12.9. The van der Waals surface area contributed by atoms with Crippen molar-refractivity contribution in [3.8, 4) is 0 Å². The van der Waals surface area contributed by atoms with Gasteiger partial charge >= 0.3 is 0 Å². The van der Waals surface area contributed by atoms with Gasteiger partial charge in [0.15, 0.2) is 0 Å². The number of amides is 1. The Hall–Kier alpha value is -0.200. The Morgan fingerprint density at radius 1 is 1.25 bits per heavy atom. The third-order valence-electron chi connectivity index (χ3n) is 1.77. The molecule has 0 aromatic heterocycles. The maximum atomic E-state index is 11.3. The van der Waals surface area contributed by atoms with Crippen molar-refractivity contribution in [1.29, 1.82) is 0 Å². The van der Waals surface area contributed by atoms with Gasteiger partial charge in [0, 0.05) is 37.4 Å². The van der Waals surface area contributed by atoms with E-state index in [9.17, 15) is 9.59 Å². The highest BCUT2D eigenvalue weighted by Gasteiger charge is 1.99. The average Bonchev–Trinajstić information content (AvgIpc) is 2.29. The van der Waals surface area contributed by atoms with Crippen LogP contribution in [0.2, 0.25) is 0 Å². The Morgan fingerprint density at radius 3 is 2.69 bits per heavy atom. The zero-order chi connectivity index (χ0) is 12.1. The molecule has 0 heterocycles. The number of hydrogen-bond donors (Lipinski definition) is 2. The van der Waals surface area contributed by atoms with Crippen LogP contribution in [0.1, 0.15) is 25.7 Å². The number of nitrogens with one attached hydrogen (secondary N) is 1. The summed E-state index contributed by atoms with van der Waals surface area (Å²) < 4.78 is 0. The fourth-order valence-corrected chi connectivity index (χ4v) is 2.76. The smallest absolute Gasteiger partial charge is 0.220 e. The summed E-state index contributed by atoms with van der Waals surface area (Å²) in [5.74, 6) is 1.94. The van der Waals surface area contributed by atoms with E-state index in [1.54, 1.807) is 21.6 Å². The number of rotatable bonds is 11. The van der Waals surface area contributed by atoms with E-state index in [2.05, 4.69) is 5.32 Å². The highest BCUT2D eigenvalue weighted by Crippen LogP contribution is 2.18. The SMILES string of the molecule is NCCSSCCNC(=O)CCCCC=O. The lowest BCUT2D eigenvalue weighted by Gasteiger charge is -2.04. The second-order valence-electron chi connectivity index (χ2n) is 3.20. The molecule has 0 aromatic rings. The van der Waals surface area contributed by atoms with Crippen molar-refractivity contribution in [2.45, 2.75) is 25.7 Å². The molecule has 0 unspecified atom stereocenters. The van der Waals surface area contributed by atoms with E-state index in [4.69, 9.17) is 5.73 Å². The van der Waals surface area contributed by atoms with Gasteiger partial charge in [-0.15, -0.1) is 0 Å². The first-order chi connectivity index (χ1) is 7.81. The molecule has 4 nitrogen and oxygen atoms in total. The quantitative estimate of drug-likeness (QED) is 0.333. The van der Waals surface area contributed by atoms with Crippen molar-refractivity contribution < 1.29 is 9.59 Å². The summed E-state index contributed by atoms with van der Waals surface area (Å²) in [5, 5.41) is 2.84. The molecule has 94 valence electrons. The number of aldehydes is 1. The molecule has 0 saturated heterocycles. The summed E-state index contributed by atoms with van der Waals surface area (Å²) in [5.41, 5.74) is 5.34. The molecular formula is C10H20N2O2S2. The van der Waals surface area contributed by atoms with E-state index in [-0.39, 0.29) is 5.91 Å². The lowest BCUT2D eigenvalue weighted by molar-refractivity contribution is -0.121. The Bertz CT molecular complexity index is 192. The fraction of sp³-hybridized carbons (Fsp3) is 0.800. The number of unbranched alkanes of at least 4 members (excludes halogenated alkanes) is 2. The zero-order valence-electron chi connectivity index (χ0n) is 9.44. The molecule has 3 N–H and O–H groups in total. The van der Waals surface area contributed by atoms with Crippen molar-refractivity contribution in [1.82, 2.24) is 5.32 Å². The number of hydrogen-bond acceptors (Lipinski definition) is 5. The molecule has 16 heavy (non-hydrogen) atoms. The van der Waals surface area contributed by atoms with Crippen molar-refractivity contribution in [3.63, 3.8) is 0 Å². The topological polar surface area (TPSA) is 72.2 Å². The lowest BCUT2D eigenvalue weighted by Crippen LogP contribution is -2.25. The highest BCUT2D eigenvalue weighted by atomic mass is 33.1. The van der Waals surface area contributed by atoms with Gasteiger partial charge in [0.05, 0.1) is 0 Å². The van der Waals surface area contributed by atoms with Crippen LogP contribution >= 0.6 is 21.6 Å². The molecule has 0 radical (unpaired) electrons. The molecule has 0 atom stereocenters. The Balaban J connectivity index is 3.14. The van der Waals surface area contributed by atoms with E-state index in [1.165, 1.54) is 0 Å². The average molecular weight is 264 g/mol. The first-order valence-corrected chi connectivity index (χ1v) is 7.95. The molecule has 0 aliphatic heterocycles. The number of nitrogens with two attached hydrogens (primary N) is 1. The predicted molar refractivity (Wildman–Crippen MR) is 71.5 cm³/mol. The molecule has 0 saturated carbocycles. The maximum Gasteiger partial charge on any atom is 0.220 e. The number of carbonyl (C=O) groups excluding carboxylic acids is 2. The number of carbonyl (C=O) groups is 2. The molecule has 0 fully saturated rings. The summed E-state index contributed by atoms with van der Waals surface area (Å²) >= 11 is 0. The normalized spacial score (nSPS) is 10.1. The zero-order valence-corrected chi connectivity index (χ0v) is 11.1. The van der Waals surface area contributed by atoms with E-state index in [1.807, 2.05) is 0 Å². The van der Waals surface area contributed by atoms with Crippen LogP contribution in [0.15, 0.2) is 0 Å². The van der Waals surface area contributed by atoms with Gasteiger partial charge < -0.3 is 15.8 Å². The van der Waals surface area contributed by atoms with Crippen LogP contribution in [-0.4, -0.2) is 36.8 Å². The Morgan fingerprint density at radius 2 is 2.00 bits per heavy atom. The summed E-state index contributed by atoms with van der Waals surface area (Å²) in [6, 6.07) is 0. The van der Waals surface area contributed by atoms with Gasteiger partial charge in [-0.25, -0.2) is 0 Å².